The fourth-order valence-electron chi connectivity index (χ4n) is 0.719. The molecule has 0 aliphatic rings. The van der Waals surface area contributed by atoms with E-state index in [-0.39, 0.29) is 4.34 Å². The van der Waals surface area contributed by atoms with Gasteiger partial charge in [-0.15, -0.1) is 11.3 Å². The summed E-state index contributed by atoms with van der Waals surface area (Å²) in [6, 6.07) is 0. The maximum Gasteiger partial charge on any atom is 0.209 e. The minimum atomic E-state index is -3.13. The van der Waals surface area contributed by atoms with E-state index in [4.69, 9.17) is 5.73 Å². The molecule has 0 amide bonds. The van der Waals surface area contributed by atoms with E-state index in [9.17, 15) is 8.42 Å². The van der Waals surface area contributed by atoms with Crippen LogP contribution in [0.5, 0.6) is 0 Å². The van der Waals surface area contributed by atoms with Gasteiger partial charge in [0.2, 0.25) is 14.2 Å². The van der Waals surface area contributed by atoms with Crippen molar-refractivity contribution in [1.82, 2.24) is 4.98 Å². The molecule has 0 bridgehead atoms. The maximum absolute atomic E-state index is 11.0. The Morgan fingerprint density at radius 1 is 1.67 bits per heavy atom. The molecule has 0 aliphatic heterocycles. The van der Waals surface area contributed by atoms with Gasteiger partial charge in [-0.1, -0.05) is 0 Å². The van der Waals surface area contributed by atoms with Crippen molar-refractivity contribution in [2.45, 2.75) is 10.8 Å². The van der Waals surface area contributed by atoms with E-state index in [2.05, 4.69) is 4.98 Å². The van der Waals surface area contributed by atoms with Crippen LogP contribution in [-0.4, -0.2) is 26.2 Å². The molecule has 2 N–H and O–H groups in total. The first kappa shape index (κ1) is 9.63. The van der Waals surface area contributed by atoms with E-state index in [1.165, 1.54) is 11.3 Å². The Balaban J connectivity index is 2.92. The number of hydrogen-bond acceptors (Lipinski definition) is 5. The molecule has 1 rings (SSSR count). The molecule has 0 unspecified atom stereocenters. The Labute approximate surface area is 75.4 Å². The predicted octanol–water partition coefficient (Wildman–Crippen LogP) is 0.0478. The minimum Gasteiger partial charge on any atom is -0.330 e. The fourth-order valence-corrected chi connectivity index (χ4v) is 2.54. The van der Waals surface area contributed by atoms with E-state index in [0.29, 0.717) is 13.0 Å². The summed E-state index contributed by atoms with van der Waals surface area (Å²) in [5, 5.41) is 0. The third kappa shape index (κ3) is 2.26. The Hall–Kier alpha value is -0.460. The average Bonchev–Trinajstić information content (AvgIpc) is 2.35. The van der Waals surface area contributed by atoms with E-state index in [0.717, 1.165) is 11.1 Å². The smallest absolute Gasteiger partial charge is 0.209 e. The van der Waals surface area contributed by atoms with Gasteiger partial charge in [-0.05, 0) is 13.0 Å². The van der Waals surface area contributed by atoms with Crippen LogP contribution in [0.2, 0.25) is 0 Å². The van der Waals surface area contributed by atoms with Crippen LogP contribution in [0.3, 0.4) is 0 Å². The Morgan fingerprint density at radius 3 is 2.75 bits per heavy atom. The maximum atomic E-state index is 11.0. The van der Waals surface area contributed by atoms with Crippen molar-refractivity contribution in [3.8, 4) is 0 Å². The largest absolute Gasteiger partial charge is 0.330 e. The van der Waals surface area contributed by atoms with Gasteiger partial charge in [-0.3, -0.25) is 0 Å². The number of nitrogens with zero attached hydrogens (tertiary/aromatic N) is 1. The highest BCUT2D eigenvalue weighted by Crippen LogP contribution is 2.17. The van der Waals surface area contributed by atoms with Crippen LogP contribution in [0.15, 0.2) is 10.5 Å². The first-order chi connectivity index (χ1) is 5.54. The molecule has 1 heterocycles. The second-order valence-corrected chi connectivity index (χ2v) is 5.71. The molecule has 0 saturated carbocycles. The molecule has 4 nitrogen and oxygen atoms in total. The molecule has 68 valence electrons. The molecule has 0 aliphatic carbocycles. The van der Waals surface area contributed by atoms with Gasteiger partial charge in [0, 0.05) is 17.3 Å². The van der Waals surface area contributed by atoms with E-state index >= 15 is 0 Å². The van der Waals surface area contributed by atoms with Crippen molar-refractivity contribution in [1.29, 1.82) is 0 Å². The molecule has 0 atom stereocenters. The summed E-state index contributed by atoms with van der Waals surface area (Å²) in [7, 11) is -3.13. The van der Waals surface area contributed by atoms with Crippen molar-refractivity contribution < 1.29 is 8.42 Å². The second-order valence-electron chi connectivity index (χ2n) is 2.40. The van der Waals surface area contributed by atoms with Crippen LogP contribution in [0.4, 0.5) is 0 Å². The Kier molecular flexibility index (Phi) is 2.81. The molecule has 0 fully saturated rings. The number of thiazole rings is 1. The molecule has 0 aromatic carbocycles. The first-order valence-electron chi connectivity index (χ1n) is 3.39. The van der Waals surface area contributed by atoms with Crippen LogP contribution in [0, 0.1) is 0 Å². The number of rotatable bonds is 3. The number of aromatic nitrogens is 1. The quantitative estimate of drug-likeness (QED) is 0.758. The zero-order valence-electron chi connectivity index (χ0n) is 6.65. The van der Waals surface area contributed by atoms with E-state index in [1.54, 1.807) is 6.20 Å². The third-order valence-corrected chi connectivity index (χ3v) is 3.99. The monoisotopic (exact) mass is 206 g/mol. The van der Waals surface area contributed by atoms with Crippen LogP contribution >= 0.6 is 11.3 Å². The van der Waals surface area contributed by atoms with Crippen LogP contribution in [-0.2, 0) is 16.3 Å². The second kappa shape index (κ2) is 3.51. The predicted molar refractivity (Wildman–Crippen MR) is 48.0 cm³/mol. The average molecular weight is 206 g/mol. The van der Waals surface area contributed by atoms with Gasteiger partial charge in [0.25, 0.3) is 0 Å². The molecule has 0 spiro atoms. The van der Waals surface area contributed by atoms with Crippen molar-refractivity contribution >= 4 is 21.2 Å². The highest BCUT2D eigenvalue weighted by atomic mass is 32.2. The molecule has 1 aromatic heterocycles. The lowest BCUT2D eigenvalue weighted by Gasteiger charge is -1.88. The summed E-state index contributed by atoms with van der Waals surface area (Å²) >= 11 is 1.19. The van der Waals surface area contributed by atoms with Crippen LogP contribution in [0.1, 0.15) is 4.88 Å². The van der Waals surface area contributed by atoms with Crippen LogP contribution in [0.25, 0.3) is 0 Å². The fraction of sp³-hybridized carbons (Fsp3) is 0.500. The van der Waals surface area contributed by atoms with Crippen molar-refractivity contribution in [2.75, 3.05) is 12.8 Å². The van der Waals surface area contributed by atoms with Gasteiger partial charge in [0.05, 0.1) is 0 Å². The molecule has 1 aromatic rings. The Morgan fingerprint density at radius 2 is 2.33 bits per heavy atom. The lowest BCUT2D eigenvalue weighted by Crippen LogP contribution is -2.00. The number of nitrogens with two attached hydrogens (primary N) is 1. The van der Waals surface area contributed by atoms with Gasteiger partial charge in [0.15, 0.2) is 0 Å². The van der Waals surface area contributed by atoms with Crippen LogP contribution < -0.4 is 5.73 Å². The number of sulfone groups is 1. The van der Waals surface area contributed by atoms with Gasteiger partial charge < -0.3 is 5.73 Å². The lowest BCUT2D eigenvalue weighted by molar-refractivity contribution is 0.601. The van der Waals surface area contributed by atoms with Crippen molar-refractivity contribution in [2.24, 2.45) is 5.73 Å². The zero-order chi connectivity index (χ0) is 9.19. The summed E-state index contributed by atoms with van der Waals surface area (Å²) < 4.78 is 22.1. The van der Waals surface area contributed by atoms with Crippen molar-refractivity contribution in [3.05, 3.63) is 11.1 Å². The van der Waals surface area contributed by atoms with Gasteiger partial charge >= 0.3 is 0 Å². The molecular weight excluding hydrogens is 196 g/mol. The standard InChI is InChI=1S/C6H10N2O2S2/c1-12(9,10)6-8-4-5(11-6)2-3-7/h4H,2-3,7H2,1H3. The van der Waals surface area contributed by atoms with Gasteiger partial charge in [-0.2, -0.15) is 0 Å². The molecule has 0 saturated heterocycles. The van der Waals surface area contributed by atoms with Crippen molar-refractivity contribution in [3.63, 3.8) is 0 Å². The zero-order valence-corrected chi connectivity index (χ0v) is 8.28. The van der Waals surface area contributed by atoms with E-state index in [1.807, 2.05) is 0 Å². The Bertz CT molecular complexity index is 355. The summed E-state index contributed by atoms with van der Waals surface area (Å²) in [4.78, 5) is 4.70. The number of hydrogen-bond donors (Lipinski definition) is 1. The normalized spacial score (nSPS) is 11.8. The summed E-state index contributed by atoms with van der Waals surface area (Å²) in [5.74, 6) is 0. The lowest BCUT2D eigenvalue weighted by atomic mass is 10.4. The third-order valence-electron chi connectivity index (χ3n) is 1.24. The molecule has 0 radical (unpaired) electrons. The highest BCUT2D eigenvalue weighted by Gasteiger charge is 2.11. The first-order valence-corrected chi connectivity index (χ1v) is 6.09. The summed E-state index contributed by atoms with van der Waals surface area (Å²) in [6.07, 6.45) is 3.40. The molecule has 12 heavy (non-hydrogen) atoms. The summed E-state index contributed by atoms with van der Waals surface area (Å²) in [6.45, 7) is 0.519. The topological polar surface area (TPSA) is 73.0 Å². The van der Waals surface area contributed by atoms with E-state index < -0.39 is 9.84 Å². The molecule has 6 heteroatoms. The SMILES string of the molecule is CS(=O)(=O)c1ncc(CCN)s1. The highest BCUT2D eigenvalue weighted by molar-refractivity contribution is 7.92. The van der Waals surface area contributed by atoms with Gasteiger partial charge in [0.1, 0.15) is 0 Å². The molecular formula is C6H10N2O2S2. The van der Waals surface area contributed by atoms with Gasteiger partial charge in [-0.25, -0.2) is 13.4 Å². The minimum absolute atomic E-state index is 0.172. The summed E-state index contributed by atoms with van der Waals surface area (Å²) in [5.41, 5.74) is 5.31.